The molecule has 1 heterocycles. The van der Waals surface area contributed by atoms with Crippen molar-refractivity contribution >= 4 is 17.5 Å². The summed E-state index contributed by atoms with van der Waals surface area (Å²) in [5, 5.41) is 2.77. The fourth-order valence-electron chi connectivity index (χ4n) is 3.17. The van der Waals surface area contributed by atoms with Crippen LogP contribution in [-0.2, 0) is 16.1 Å². The Morgan fingerprint density at radius 1 is 1.24 bits per heavy atom. The molecule has 0 bridgehead atoms. The van der Waals surface area contributed by atoms with E-state index in [4.69, 9.17) is 4.74 Å². The number of hydrogen-bond donors (Lipinski definition) is 1. The summed E-state index contributed by atoms with van der Waals surface area (Å²) in [6.07, 6.45) is 0. The maximum absolute atomic E-state index is 13.0. The number of ether oxygens (including phenoxy) is 1. The summed E-state index contributed by atoms with van der Waals surface area (Å²) < 4.78 is 5.67. The van der Waals surface area contributed by atoms with Gasteiger partial charge in [0.1, 0.15) is 11.8 Å². The number of hydrogen-bond acceptors (Lipinski definition) is 3. The lowest BCUT2D eigenvalue weighted by atomic mass is 10.1. The molecule has 5 heteroatoms. The Kier molecular flexibility index (Phi) is 4.74. The van der Waals surface area contributed by atoms with Gasteiger partial charge in [0.25, 0.3) is 5.91 Å². The summed E-state index contributed by atoms with van der Waals surface area (Å²) in [6.45, 7) is 6.30. The van der Waals surface area contributed by atoms with E-state index >= 15 is 0 Å². The van der Waals surface area contributed by atoms with E-state index in [2.05, 4.69) is 5.32 Å². The molecule has 3 rings (SSSR count). The Balaban J connectivity index is 1.97. The lowest BCUT2D eigenvalue weighted by Gasteiger charge is -2.20. The molecule has 5 nitrogen and oxygen atoms in total. The molecule has 0 aromatic heterocycles. The molecular weight excluding hydrogens is 316 g/mol. The van der Waals surface area contributed by atoms with Gasteiger partial charge in [0.05, 0.1) is 13.2 Å². The van der Waals surface area contributed by atoms with E-state index in [0.717, 1.165) is 28.1 Å². The summed E-state index contributed by atoms with van der Waals surface area (Å²) in [6, 6.07) is 12.9. The van der Waals surface area contributed by atoms with Crippen LogP contribution in [0.4, 0.5) is 5.69 Å². The second-order valence-corrected chi connectivity index (χ2v) is 6.16. The van der Waals surface area contributed by atoms with Crippen LogP contribution >= 0.6 is 0 Å². The van der Waals surface area contributed by atoms with E-state index in [1.54, 1.807) is 4.90 Å². The third-order valence-electron chi connectivity index (χ3n) is 4.25. The van der Waals surface area contributed by atoms with Crippen molar-refractivity contribution < 1.29 is 14.3 Å². The first-order chi connectivity index (χ1) is 12.0. The van der Waals surface area contributed by atoms with Gasteiger partial charge < -0.3 is 15.0 Å². The van der Waals surface area contributed by atoms with Crippen LogP contribution in [-0.4, -0.2) is 18.4 Å². The van der Waals surface area contributed by atoms with Gasteiger partial charge in [0.2, 0.25) is 5.91 Å². The normalized spacial score (nSPS) is 15.9. The molecule has 0 saturated heterocycles. The average molecular weight is 338 g/mol. The monoisotopic (exact) mass is 338 g/mol. The topological polar surface area (TPSA) is 58.6 Å². The van der Waals surface area contributed by atoms with Gasteiger partial charge in [-0.3, -0.25) is 9.59 Å². The molecule has 1 N–H and O–H groups in total. The number of fused-ring (bicyclic) bond motifs is 1. The maximum Gasteiger partial charge on any atom is 0.254 e. The van der Waals surface area contributed by atoms with Gasteiger partial charge in [-0.1, -0.05) is 35.9 Å². The van der Waals surface area contributed by atoms with Crippen LogP contribution in [0.1, 0.15) is 36.6 Å². The van der Waals surface area contributed by atoms with Crippen molar-refractivity contribution in [1.29, 1.82) is 0 Å². The number of carbonyl (C=O) groups is 2. The lowest BCUT2D eigenvalue weighted by molar-refractivity contribution is -0.126. The molecule has 0 spiro atoms. The second-order valence-electron chi connectivity index (χ2n) is 6.16. The van der Waals surface area contributed by atoms with Crippen molar-refractivity contribution in [3.05, 3.63) is 59.2 Å². The van der Waals surface area contributed by atoms with Gasteiger partial charge in [0, 0.05) is 23.7 Å². The molecule has 130 valence electrons. The van der Waals surface area contributed by atoms with Gasteiger partial charge >= 0.3 is 0 Å². The third-order valence-corrected chi connectivity index (χ3v) is 4.25. The Labute approximate surface area is 147 Å². The molecule has 0 aliphatic carbocycles. The van der Waals surface area contributed by atoms with Gasteiger partial charge in [-0.25, -0.2) is 0 Å². The minimum absolute atomic E-state index is 0.123. The van der Waals surface area contributed by atoms with Gasteiger partial charge in [-0.15, -0.1) is 0 Å². The van der Waals surface area contributed by atoms with E-state index in [1.807, 2.05) is 56.3 Å². The minimum atomic E-state index is -0.633. The van der Waals surface area contributed by atoms with E-state index in [-0.39, 0.29) is 11.8 Å². The minimum Gasteiger partial charge on any atom is -0.494 e. The zero-order chi connectivity index (χ0) is 18.0. The summed E-state index contributed by atoms with van der Waals surface area (Å²) in [4.78, 5) is 26.2. The van der Waals surface area contributed by atoms with E-state index in [9.17, 15) is 9.59 Å². The van der Waals surface area contributed by atoms with Crippen molar-refractivity contribution in [1.82, 2.24) is 5.32 Å². The zero-order valence-electron chi connectivity index (χ0n) is 14.7. The third kappa shape index (κ3) is 3.36. The molecule has 2 aromatic rings. The average Bonchev–Trinajstić information content (AvgIpc) is 2.81. The van der Waals surface area contributed by atoms with Crippen molar-refractivity contribution in [3.8, 4) is 5.75 Å². The van der Waals surface area contributed by atoms with Crippen LogP contribution in [0, 0.1) is 6.92 Å². The number of aryl methyl sites for hydroxylation is 1. The van der Waals surface area contributed by atoms with Gasteiger partial charge in [-0.2, -0.15) is 0 Å². The Morgan fingerprint density at radius 3 is 2.72 bits per heavy atom. The molecular formula is C20H22N2O3. The number of nitrogens with one attached hydrogen (secondary N) is 1. The second kappa shape index (κ2) is 6.97. The first-order valence-corrected chi connectivity index (χ1v) is 8.41. The molecule has 0 radical (unpaired) electrons. The van der Waals surface area contributed by atoms with Crippen LogP contribution < -0.4 is 15.0 Å². The van der Waals surface area contributed by atoms with Crippen LogP contribution in [0.25, 0.3) is 0 Å². The first kappa shape index (κ1) is 17.0. The van der Waals surface area contributed by atoms with E-state index in [1.165, 1.54) is 6.92 Å². The molecule has 25 heavy (non-hydrogen) atoms. The van der Waals surface area contributed by atoms with Crippen molar-refractivity contribution in [3.63, 3.8) is 0 Å². The molecule has 0 saturated carbocycles. The SMILES string of the molecule is CCOc1ccccc1CN1C(=O)[C@@H](NC(C)=O)c2cc(C)ccc21. The fourth-order valence-corrected chi connectivity index (χ4v) is 3.17. The highest BCUT2D eigenvalue weighted by atomic mass is 16.5. The zero-order valence-corrected chi connectivity index (χ0v) is 14.7. The smallest absolute Gasteiger partial charge is 0.254 e. The molecule has 0 fully saturated rings. The number of carbonyl (C=O) groups excluding carboxylic acids is 2. The first-order valence-electron chi connectivity index (χ1n) is 8.41. The number of nitrogens with zero attached hydrogens (tertiary/aromatic N) is 1. The summed E-state index contributed by atoms with van der Waals surface area (Å²) in [7, 11) is 0. The summed E-state index contributed by atoms with van der Waals surface area (Å²) in [5.74, 6) is 0.430. The number of anilines is 1. The standard InChI is InChI=1S/C20H22N2O3/c1-4-25-18-8-6-5-7-15(18)12-22-17-10-9-13(2)11-16(17)19(20(22)24)21-14(3)23/h5-11,19H,4,12H2,1-3H3,(H,21,23)/t19-/m0/s1. The number of amides is 2. The van der Waals surface area contributed by atoms with Gasteiger partial charge in [0.15, 0.2) is 0 Å². The van der Waals surface area contributed by atoms with Crippen LogP contribution in [0.2, 0.25) is 0 Å². The number of benzene rings is 2. The molecule has 1 aliphatic rings. The summed E-state index contributed by atoms with van der Waals surface area (Å²) in [5.41, 5.74) is 3.67. The Hall–Kier alpha value is -2.82. The maximum atomic E-state index is 13.0. The highest BCUT2D eigenvalue weighted by Crippen LogP contribution is 2.38. The largest absolute Gasteiger partial charge is 0.494 e. The number of rotatable bonds is 5. The predicted octanol–water partition coefficient (Wildman–Crippen LogP) is 3.12. The van der Waals surface area contributed by atoms with Crippen LogP contribution in [0.3, 0.4) is 0 Å². The Bertz CT molecular complexity index is 816. The summed E-state index contributed by atoms with van der Waals surface area (Å²) >= 11 is 0. The van der Waals surface area contributed by atoms with Crippen LogP contribution in [0.5, 0.6) is 5.75 Å². The fraction of sp³-hybridized carbons (Fsp3) is 0.300. The molecule has 2 amide bonds. The quantitative estimate of drug-likeness (QED) is 0.911. The van der Waals surface area contributed by atoms with E-state index in [0.29, 0.717) is 13.2 Å². The van der Waals surface area contributed by atoms with E-state index < -0.39 is 6.04 Å². The lowest BCUT2D eigenvalue weighted by Crippen LogP contribution is -2.36. The molecule has 1 aliphatic heterocycles. The van der Waals surface area contributed by atoms with Crippen molar-refractivity contribution in [2.45, 2.75) is 33.4 Å². The van der Waals surface area contributed by atoms with Crippen molar-refractivity contribution in [2.75, 3.05) is 11.5 Å². The molecule has 1 atom stereocenters. The number of para-hydroxylation sites is 1. The Morgan fingerprint density at radius 2 is 2.00 bits per heavy atom. The predicted molar refractivity (Wildman–Crippen MR) is 96.5 cm³/mol. The highest BCUT2D eigenvalue weighted by molar-refractivity contribution is 6.06. The van der Waals surface area contributed by atoms with Crippen LogP contribution in [0.15, 0.2) is 42.5 Å². The highest BCUT2D eigenvalue weighted by Gasteiger charge is 2.38. The molecule has 2 aromatic carbocycles. The van der Waals surface area contributed by atoms with Crippen molar-refractivity contribution in [2.24, 2.45) is 0 Å². The molecule has 0 unspecified atom stereocenters. The van der Waals surface area contributed by atoms with Gasteiger partial charge in [-0.05, 0) is 26.0 Å².